The van der Waals surface area contributed by atoms with Gasteiger partial charge in [-0.3, -0.25) is 20.2 Å². The zero-order chi connectivity index (χ0) is 23.9. The van der Waals surface area contributed by atoms with Crippen molar-refractivity contribution in [1.82, 2.24) is 0 Å². The smallest absolute Gasteiger partial charge is 0.408 e. The van der Waals surface area contributed by atoms with Crippen LogP contribution >= 0.6 is 0 Å². The van der Waals surface area contributed by atoms with E-state index in [2.05, 4.69) is 6.92 Å². The lowest BCUT2D eigenvalue weighted by Crippen LogP contribution is -2.13. The molecule has 0 aliphatic rings. The van der Waals surface area contributed by atoms with Gasteiger partial charge in [0.05, 0.1) is 21.0 Å². The highest BCUT2D eigenvalue weighted by Gasteiger charge is 2.39. The molecule has 0 heterocycles. The van der Waals surface area contributed by atoms with Gasteiger partial charge in [0.25, 0.3) is 5.75 Å². The van der Waals surface area contributed by atoms with E-state index in [1.165, 1.54) is 12.1 Å². The van der Waals surface area contributed by atoms with Crippen molar-refractivity contribution < 1.29 is 32.5 Å². The molecule has 0 spiro atoms. The third-order valence-electron chi connectivity index (χ3n) is 4.72. The number of unbranched alkanes of at least 4 members (excludes halogenated alkanes) is 4. The Morgan fingerprint density at radius 1 is 0.938 bits per heavy atom. The average molecular weight is 454 g/mol. The van der Waals surface area contributed by atoms with Gasteiger partial charge in [0, 0.05) is 12.1 Å². The molecule has 2 rings (SSSR count). The first kappa shape index (κ1) is 24.8. The molecule has 0 aliphatic heterocycles. The number of carbonyl (C=O) groups excluding carboxylic acids is 1. The number of hydrogen-bond acceptors (Lipinski definition) is 6. The van der Waals surface area contributed by atoms with Crippen LogP contribution in [0.5, 0.6) is 5.75 Å². The number of esters is 1. The van der Waals surface area contributed by atoms with E-state index >= 15 is 0 Å². The zero-order valence-corrected chi connectivity index (χ0v) is 17.2. The summed E-state index contributed by atoms with van der Waals surface area (Å²) in [7, 11) is 0. The van der Waals surface area contributed by atoms with Crippen LogP contribution in [0.25, 0.3) is 0 Å². The molecule has 0 unspecified atom stereocenters. The Labute approximate surface area is 181 Å². The molecule has 0 radical (unpaired) electrons. The second kappa shape index (κ2) is 10.7. The quantitative estimate of drug-likeness (QED) is 0.138. The molecule has 0 saturated heterocycles. The highest BCUT2D eigenvalue weighted by Crippen LogP contribution is 2.43. The number of ether oxygens (including phenoxy) is 1. The van der Waals surface area contributed by atoms with Gasteiger partial charge in [0.1, 0.15) is 0 Å². The topological polar surface area (TPSA) is 113 Å². The van der Waals surface area contributed by atoms with Gasteiger partial charge in [0.2, 0.25) is 0 Å². The summed E-state index contributed by atoms with van der Waals surface area (Å²) >= 11 is 0. The second-order valence-corrected chi connectivity index (χ2v) is 7.11. The Balaban J connectivity index is 2.25. The summed E-state index contributed by atoms with van der Waals surface area (Å²) in [5, 5.41) is 22.5. The van der Waals surface area contributed by atoms with E-state index in [-0.39, 0.29) is 17.7 Å². The van der Waals surface area contributed by atoms with Crippen molar-refractivity contribution in [1.29, 1.82) is 0 Å². The molecule has 0 aliphatic carbocycles. The Kier molecular flexibility index (Phi) is 8.27. The number of hydrogen-bond donors (Lipinski definition) is 0. The molecule has 172 valence electrons. The second-order valence-electron chi connectivity index (χ2n) is 7.11. The first-order valence-electron chi connectivity index (χ1n) is 9.89. The van der Waals surface area contributed by atoms with Crippen LogP contribution in [-0.4, -0.2) is 15.8 Å². The third-order valence-corrected chi connectivity index (χ3v) is 4.72. The van der Waals surface area contributed by atoms with Crippen LogP contribution in [0.4, 0.5) is 24.5 Å². The fraction of sp³-hybridized carbons (Fsp3) is 0.381. The molecule has 0 atom stereocenters. The van der Waals surface area contributed by atoms with E-state index in [0.29, 0.717) is 0 Å². The molecule has 0 saturated carbocycles. The van der Waals surface area contributed by atoms with Crippen LogP contribution < -0.4 is 4.74 Å². The SMILES string of the molecule is CCCCCCCc1ccc(C(=O)Oc2c([N+](=O)[O-])cc(C(F)(F)F)cc2[N+](=O)[O-])cc1. The molecule has 11 heteroatoms. The summed E-state index contributed by atoms with van der Waals surface area (Å²) < 4.78 is 43.7. The first-order valence-corrected chi connectivity index (χ1v) is 9.89. The number of alkyl halides is 3. The number of aryl methyl sites for hydroxylation is 1. The highest BCUT2D eigenvalue weighted by atomic mass is 19.4. The first-order chi connectivity index (χ1) is 15.0. The van der Waals surface area contributed by atoms with Gasteiger partial charge < -0.3 is 4.74 Å². The number of carbonyl (C=O) groups is 1. The van der Waals surface area contributed by atoms with Gasteiger partial charge in [-0.1, -0.05) is 44.7 Å². The molecule has 0 amide bonds. The van der Waals surface area contributed by atoms with Gasteiger partial charge in [-0.25, -0.2) is 4.79 Å². The van der Waals surface area contributed by atoms with Crippen molar-refractivity contribution in [3.05, 3.63) is 73.3 Å². The lowest BCUT2D eigenvalue weighted by atomic mass is 10.0. The van der Waals surface area contributed by atoms with Crippen molar-refractivity contribution in [2.24, 2.45) is 0 Å². The fourth-order valence-electron chi connectivity index (χ4n) is 3.03. The molecule has 8 nitrogen and oxygen atoms in total. The minimum Gasteiger partial charge on any atom is -0.408 e. The van der Waals surface area contributed by atoms with E-state index in [1.54, 1.807) is 12.1 Å². The monoisotopic (exact) mass is 454 g/mol. The molecule has 0 aromatic heterocycles. The van der Waals surface area contributed by atoms with Crippen molar-refractivity contribution in [3.8, 4) is 5.75 Å². The summed E-state index contributed by atoms with van der Waals surface area (Å²) in [6, 6.07) is 6.30. The van der Waals surface area contributed by atoms with Crippen molar-refractivity contribution in [3.63, 3.8) is 0 Å². The Hall–Kier alpha value is -3.50. The number of rotatable bonds is 10. The van der Waals surface area contributed by atoms with Gasteiger partial charge >= 0.3 is 23.5 Å². The maximum absolute atomic E-state index is 13.0. The maximum Gasteiger partial charge on any atom is 0.416 e. The molecule has 2 aromatic rings. The van der Waals surface area contributed by atoms with Crippen molar-refractivity contribution in [2.45, 2.75) is 51.6 Å². The number of benzene rings is 2. The largest absolute Gasteiger partial charge is 0.416 e. The van der Waals surface area contributed by atoms with Crippen LogP contribution in [0, 0.1) is 20.2 Å². The van der Waals surface area contributed by atoms with E-state index in [4.69, 9.17) is 4.74 Å². The average Bonchev–Trinajstić information content (AvgIpc) is 2.72. The number of nitro benzene ring substituents is 2. The maximum atomic E-state index is 13.0. The third kappa shape index (κ3) is 6.50. The molecule has 2 aromatic carbocycles. The van der Waals surface area contributed by atoms with Gasteiger partial charge in [-0.15, -0.1) is 0 Å². The standard InChI is InChI=1S/C21H21F3N2O6/c1-2-3-4-5-6-7-14-8-10-15(11-9-14)20(27)32-19-17(25(28)29)12-16(21(22,23)24)13-18(19)26(30)31/h8-13H,2-7H2,1H3. The number of halogens is 3. The lowest BCUT2D eigenvalue weighted by Gasteiger charge is -2.10. The van der Waals surface area contributed by atoms with Gasteiger partial charge in [-0.2, -0.15) is 13.2 Å². The lowest BCUT2D eigenvalue weighted by molar-refractivity contribution is -0.396. The van der Waals surface area contributed by atoms with E-state index in [9.17, 15) is 38.2 Å². The van der Waals surface area contributed by atoms with E-state index in [1.807, 2.05) is 0 Å². The van der Waals surface area contributed by atoms with Crippen LogP contribution in [0.15, 0.2) is 36.4 Å². The zero-order valence-electron chi connectivity index (χ0n) is 17.2. The summed E-state index contributed by atoms with van der Waals surface area (Å²) in [6.45, 7) is 2.12. The molecule has 0 bridgehead atoms. The van der Waals surface area contributed by atoms with Gasteiger partial charge in [0.15, 0.2) is 0 Å². The summed E-state index contributed by atoms with van der Waals surface area (Å²) in [5.41, 5.74) is -3.36. The Morgan fingerprint density at radius 2 is 1.47 bits per heavy atom. The summed E-state index contributed by atoms with van der Waals surface area (Å²) in [6.07, 6.45) is 1.18. The molecule has 0 fully saturated rings. The minimum absolute atomic E-state index is 0.0526. The molecular formula is C21H21F3N2O6. The molecular weight excluding hydrogens is 433 g/mol. The van der Waals surface area contributed by atoms with E-state index < -0.39 is 44.7 Å². The van der Waals surface area contributed by atoms with Gasteiger partial charge in [-0.05, 0) is 30.5 Å². The Bertz CT molecular complexity index is 955. The fourth-order valence-corrected chi connectivity index (χ4v) is 3.03. The van der Waals surface area contributed by atoms with Crippen LogP contribution in [0.2, 0.25) is 0 Å². The highest BCUT2D eigenvalue weighted by molar-refractivity contribution is 5.92. The van der Waals surface area contributed by atoms with Crippen molar-refractivity contribution in [2.75, 3.05) is 0 Å². The van der Waals surface area contributed by atoms with Crippen LogP contribution in [0.1, 0.15) is 60.5 Å². The number of nitrogens with zero attached hydrogens (tertiary/aromatic N) is 2. The van der Waals surface area contributed by atoms with Crippen molar-refractivity contribution >= 4 is 17.3 Å². The predicted molar refractivity (Wildman–Crippen MR) is 109 cm³/mol. The predicted octanol–water partition coefficient (Wildman–Crippen LogP) is 6.25. The van der Waals surface area contributed by atoms with Crippen LogP contribution in [-0.2, 0) is 12.6 Å². The molecule has 32 heavy (non-hydrogen) atoms. The normalized spacial score (nSPS) is 11.2. The number of nitro groups is 2. The molecule has 0 N–H and O–H groups in total. The Morgan fingerprint density at radius 3 is 1.94 bits per heavy atom. The summed E-state index contributed by atoms with van der Waals surface area (Å²) in [4.78, 5) is 32.3. The van der Waals surface area contributed by atoms with E-state index in [0.717, 1.165) is 44.1 Å². The minimum atomic E-state index is -5.07. The van der Waals surface area contributed by atoms with Crippen LogP contribution in [0.3, 0.4) is 0 Å². The summed E-state index contributed by atoms with van der Waals surface area (Å²) in [5.74, 6) is -2.32.